The molecule has 0 radical (unpaired) electrons. The lowest BCUT2D eigenvalue weighted by Crippen LogP contribution is -2.52. The van der Waals surface area contributed by atoms with Crippen molar-refractivity contribution in [1.82, 2.24) is 20.2 Å². The molecule has 106 valence electrons. The van der Waals surface area contributed by atoms with E-state index < -0.39 is 0 Å². The van der Waals surface area contributed by atoms with Crippen LogP contribution in [0, 0.1) is 6.92 Å². The van der Waals surface area contributed by atoms with Crippen LogP contribution in [0.4, 0.5) is 0 Å². The van der Waals surface area contributed by atoms with Gasteiger partial charge >= 0.3 is 0 Å². The number of aromatic amines is 1. The van der Waals surface area contributed by atoms with E-state index in [0.29, 0.717) is 12.2 Å². The minimum Gasteiger partial charge on any atom is -0.349 e. The van der Waals surface area contributed by atoms with Crippen LogP contribution < -0.4 is 5.32 Å². The largest absolute Gasteiger partial charge is 0.349 e. The topological polar surface area (TPSA) is 61.0 Å². The number of nitrogens with one attached hydrogen (secondary N) is 2. The molecule has 1 aromatic heterocycles. The summed E-state index contributed by atoms with van der Waals surface area (Å²) in [5.41, 5.74) is 1.46. The van der Waals surface area contributed by atoms with Crippen molar-refractivity contribution in [2.75, 3.05) is 20.1 Å². The highest BCUT2D eigenvalue weighted by Crippen LogP contribution is 2.33. The Morgan fingerprint density at radius 2 is 2.21 bits per heavy atom. The predicted molar refractivity (Wildman–Crippen MR) is 75.2 cm³/mol. The van der Waals surface area contributed by atoms with Crippen molar-refractivity contribution in [3.05, 3.63) is 17.7 Å². The molecule has 2 rings (SSSR count). The van der Waals surface area contributed by atoms with Crippen molar-refractivity contribution < 1.29 is 4.79 Å². The van der Waals surface area contributed by atoms with Crippen molar-refractivity contribution in [3.8, 4) is 0 Å². The number of rotatable bonds is 5. The molecule has 1 fully saturated rings. The van der Waals surface area contributed by atoms with Crippen LogP contribution >= 0.6 is 0 Å². The molecule has 5 nitrogen and oxygen atoms in total. The Morgan fingerprint density at radius 3 is 2.74 bits per heavy atom. The van der Waals surface area contributed by atoms with Crippen LogP contribution in [-0.2, 0) is 0 Å². The van der Waals surface area contributed by atoms with E-state index in [4.69, 9.17) is 0 Å². The second-order valence-corrected chi connectivity index (χ2v) is 5.50. The summed E-state index contributed by atoms with van der Waals surface area (Å²) in [5.74, 6) is -0.0745. The lowest BCUT2D eigenvalue weighted by atomic mass is 9.95. The maximum Gasteiger partial charge on any atom is 0.271 e. The smallest absolute Gasteiger partial charge is 0.271 e. The van der Waals surface area contributed by atoms with Gasteiger partial charge in [0.15, 0.2) is 0 Å². The second kappa shape index (κ2) is 5.74. The highest BCUT2D eigenvalue weighted by atomic mass is 16.1. The zero-order chi connectivity index (χ0) is 13.9. The Hall–Kier alpha value is -1.36. The standard InChI is InChI=1S/C14H24N4O/c1-4-18(3)14(7-5-6-8-14)9-15-13(19)12-11(2)16-10-17-12/h10H,4-9H2,1-3H3,(H,15,19)(H,16,17). The molecule has 0 atom stereocenters. The van der Waals surface area contributed by atoms with Gasteiger partial charge in [-0.05, 0) is 33.4 Å². The van der Waals surface area contributed by atoms with Crippen LogP contribution in [0.3, 0.4) is 0 Å². The van der Waals surface area contributed by atoms with E-state index in [0.717, 1.165) is 25.1 Å². The molecular weight excluding hydrogens is 240 g/mol. The van der Waals surface area contributed by atoms with Gasteiger partial charge in [-0.15, -0.1) is 0 Å². The van der Waals surface area contributed by atoms with Crippen LogP contribution in [0.2, 0.25) is 0 Å². The molecule has 0 unspecified atom stereocenters. The first-order valence-corrected chi connectivity index (χ1v) is 7.08. The normalized spacial score (nSPS) is 17.9. The Kier molecular flexibility index (Phi) is 4.24. The summed E-state index contributed by atoms with van der Waals surface area (Å²) in [6, 6.07) is 0. The second-order valence-electron chi connectivity index (χ2n) is 5.50. The summed E-state index contributed by atoms with van der Waals surface area (Å²) in [6.07, 6.45) is 6.39. The van der Waals surface area contributed by atoms with Gasteiger partial charge in [0.1, 0.15) is 5.69 Å². The molecule has 0 aliphatic heterocycles. The quantitative estimate of drug-likeness (QED) is 0.851. The Morgan fingerprint density at radius 1 is 1.53 bits per heavy atom. The molecule has 0 saturated heterocycles. The number of aromatic nitrogens is 2. The third-order valence-electron chi connectivity index (χ3n) is 4.44. The molecule has 1 aliphatic rings. The average molecular weight is 264 g/mol. The van der Waals surface area contributed by atoms with Gasteiger partial charge in [0, 0.05) is 17.8 Å². The predicted octanol–water partition coefficient (Wildman–Crippen LogP) is 1.71. The Labute approximate surface area is 114 Å². The summed E-state index contributed by atoms with van der Waals surface area (Å²) in [5, 5.41) is 3.06. The van der Waals surface area contributed by atoms with Gasteiger partial charge in [0.05, 0.1) is 6.33 Å². The van der Waals surface area contributed by atoms with E-state index in [1.165, 1.54) is 12.8 Å². The van der Waals surface area contributed by atoms with E-state index in [1.807, 2.05) is 6.92 Å². The van der Waals surface area contributed by atoms with E-state index in [9.17, 15) is 4.79 Å². The first-order chi connectivity index (χ1) is 9.09. The molecular formula is C14H24N4O. The Bertz CT molecular complexity index is 434. The van der Waals surface area contributed by atoms with E-state index in [-0.39, 0.29) is 11.4 Å². The summed E-state index contributed by atoms with van der Waals surface area (Å²) in [4.78, 5) is 21.5. The summed E-state index contributed by atoms with van der Waals surface area (Å²) >= 11 is 0. The van der Waals surface area contributed by atoms with Gasteiger partial charge in [-0.1, -0.05) is 19.8 Å². The van der Waals surface area contributed by atoms with Gasteiger partial charge in [0.2, 0.25) is 0 Å². The maximum atomic E-state index is 12.1. The van der Waals surface area contributed by atoms with Crippen LogP contribution in [-0.4, -0.2) is 46.5 Å². The van der Waals surface area contributed by atoms with E-state index >= 15 is 0 Å². The van der Waals surface area contributed by atoms with Crippen molar-refractivity contribution in [2.24, 2.45) is 0 Å². The van der Waals surface area contributed by atoms with Crippen LogP contribution in [0.25, 0.3) is 0 Å². The fourth-order valence-electron chi connectivity index (χ4n) is 2.98. The third-order valence-corrected chi connectivity index (χ3v) is 4.44. The molecule has 1 heterocycles. The number of hydrogen-bond acceptors (Lipinski definition) is 3. The highest BCUT2D eigenvalue weighted by Gasteiger charge is 2.37. The minimum atomic E-state index is -0.0745. The highest BCUT2D eigenvalue weighted by molar-refractivity contribution is 5.93. The number of imidazole rings is 1. The maximum absolute atomic E-state index is 12.1. The van der Waals surface area contributed by atoms with Crippen molar-refractivity contribution in [3.63, 3.8) is 0 Å². The van der Waals surface area contributed by atoms with E-state index in [2.05, 4.69) is 34.2 Å². The molecule has 0 spiro atoms. The van der Waals surface area contributed by atoms with Crippen LogP contribution in [0.1, 0.15) is 48.8 Å². The fraction of sp³-hybridized carbons (Fsp3) is 0.714. The lowest BCUT2D eigenvalue weighted by molar-refractivity contribution is 0.0870. The number of H-pyrrole nitrogens is 1. The molecule has 1 saturated carbocycles. The van der Waals surface area contributed by atoms with Crippen molar-refractivity contribution >= 4 is 5.91 Å². The molecule has 1 aliphatic carbocycles. The first-order valence-electron chi connectivity index (χ1n) is 7.08. The van der Waals surface area contributed by atoms with Gasteiger partial charge in [-0.3, -0.25) is 9.69 Å². The van der Waals surface area contributed by atoms with Crippen molar-refractivity contribution in [2.45, 2.75) is 45.1 Å². The summed E-state index contributed by atoms with van der Waals surface area (Å²) in [6.45, 7) is 5.75. The van der Waals surface area contributed by atoms with Gasteiger partial charge < -0.3 is 10.3 Å². The number of aryl methyl sites for hydroxylation is 1. The SMILES string of the molecule is CCN(C)C1(CNC(=O)c2nc[nH]c2C)CCCC1. The Balaban J connectivity index is 2.00. The molecule has 5 heteroatoms. The minimum absolute atomic E-state index is 0.0745. The van der Waals surface area contributed by atoms with Crippen LogP contribution in [0.5, 0.6) is 0 Å². The molecule has 2 N–H and O–H groups in total. The monoisotopic (exact) mass is 264 g/mol. The number of carbonyl (C=O) groups is 1. The number of carbonyl (C=O) groups excluding carboxylic acids is 1. The van der Waals surface area contributed by atoms with Gasteiger partial charge in [-0.2, -0.15) is 0 Å². The molecule has 0 bridgehead atoms. The van der Waals surface area contributed by atoms with Gasteiger partial charge in [-0.25, -0.2) is 4.98 Å². The number of likely N-dealkylation sites (N-methyl/N-ethyl adjacent to an activating group) is 1. The molecule has 1 aromatic rings. The zero-order valence-electron chi connectivity index (χ0n) is 12.1. The number of nitrogens with zero attached hydrogens (tertiary/aromatic N) is 2. The average Bonchev–Trinajstić information content (AvgIpc) is 3.04. The lowest BCUT2D eigenvalue weighted by Gasteiger charge is -2.38. The number of hydrogen-bond donors (Lipinski definition) is 2. The van der Waals surface area contributed by atoms with Crippen molar-refractivity contribution in [1.29, 1.82) is 0 Å². The molecule has 0 aromatic carbocycles. The van der Waals surface area contributed by atoms with Crippen LogP contribution in [0.15, 0.2) is 6.33 Å². The summed E-state index contributed by atoms with van der Waals surface area (Å²) in [7, 11) is 2.15. The van der Waals surface area contributed by atoms with Gasteiger partial charge in [0.25, 0.3) is 5.91 Å². The fourth-order valence-corrected chi connectivity index (χ4v) is 2.98. The number of amides is 1. The third kappa shape index (κ3) is 2.81. The first kappa shape index (κ1) is 14.1. The molecule has 19 heavy (non-hydrogen) atoms. The van der Waals surface area contributed by atoms with E-state index in [1.54, 1.807) is 6.33 Å². The summed E-state index contributed by atoms with van der Waals surface area (Å²) < 4.78 is 0. The molecule has 1 amide bonds. The zero-order valence-corrected chi connectivity index (χ0v) is 12.1.